The molecule has 0 saturated heterocycles. The monoisotopic (exact) mass is 239 g/mol. The minimum absolute atomic E-state index is 0.213. The minimum Gasteiger partial charge on any atom is -0.298 e. The number of carbonyl (C=O) groups is 1. The molecule has 0 aromatic carbocycles. The van der Waals surface area contributed by atoms with E-state index in [1.165, 1.54) is 6.42 Å². The lowest BCUT2D eigenvalue weighted by Crippen LogP contribution is -2.46. The summed E-state index contributed by atoms with van der Waals surface area (Å²) >= 11 is 0. The zero-order chi connectivity index (χ0) is 12.7. The summed E-state index contributed by atoms with van der Waals surface area (Å²) in [7, 11) is 0. The van der Waals surface area contributed by atoms with Gasteiger partial charge in [0.1, 0.15) is 0 Å². The van der Waals surface area contributed by atoms with E-state index >= 15 is 0 Å². The summed E-state index contributed by atoms with van der Waals surface area (Å²) in [5.41, 5.74) is 0. The van der Waals surface area contributed by atoms with E-state index in [-0.39, 0.29) is 6.04 Å². The Morgan fingerprint density at radius 1 is 1.12 bits per heavy atom. The molecule has 0 amide bonds. The van der Waals surface area contributed by atoms with Crippen molar-refractivity contribution in [3.05, 3.63) is 0 Å². The van der Waals surface area contributed by atoms with E-state index in [4.69, 9.17) is 0 Å². The van der Waals surface area contributed by atoms with Gasteiger partial charge in [0.05, 0.1) is 6.04 Å². The Bertz CT molecular complexity index is 217. The van der Waals surface area contributed by atoms with Crippen molar-refractivity contribution in [1.82, 2.24) is 4.90 Å². The molecule has 1 unspecified atom stereocenters. The van der Waals surface area contributed by atoms with Crippen molar-refractivity contribution < 1.29 is 4.79 Å². The van der Waals surface area contributed by atoms with Gasteiger partial charge in [-0.3, -0.25) is 9.69 Å². The maximum atomic E-state index is 12.5. The second-order valence-electron chi connectivity index (χ2n) is 5.37. The van der Waals surface area contributed by atoms with Gasteiger partial charge in [0.15, 0.2) is 5.78 Å². The molecule has 0 N–H and O–H groups in total. The third kappa shape index (κ3) is 4.09. The first-order valence-electron chi connectivity index (χ1n) is 7.52. The van der Waals surface area contributed by atoms with Gasteiger partial charge in [-0.25, -0.2) is 0 Å². The van der Waals surface area contributed by atoms with Crippen molar-refractivity contribution in [3.63, 3.8) is 0 Å². The first-order chi connectivity index (χ1) is 8.24. The van der Waals surface area contributed by atoms with Gasteiger partial charge in [0, 0.05) is 5.92 Å². The maximum absolute atomic E-state index is 12.5. The van der Waals surface area contributed by atoms with Gasteiger partial charge in [0.25, 0.3) is 0 Å². The summed E-state index contributed by atoms with van der Waals surface area (Å²) in [6.07, 6.45) is 8.02. The fourth-order valence-corrected chi connectivity index (χ4v) is 2.74. The van der Waals surface area contributed by atoms with Crippen LogP contribution < -0.4 is 0 Å². The molecule has 0 radical (unpaired) electrons. The highest BCUT2D eigenvalue weighted by atomic mass is 16.1. The highest BCUT2D eigenvalue weighted by Crippen LogP contribution is 2.30. The summed E-state index contributed by atoms with van der Waals surface area (Å²) < 4.78 is 0. The van der Waals surface area contributed by atoms with Gasteiger partial charge in [-0.05, 0) is 45.2 Å². The van der Waals surface area contributed by atoms with E-state index in [9.17, 15) is 4.79 Å². The van der Waals surface area contributed by atoms with Crippen molar-refractivity contribution in [1.29, 1.82) is 0 Å². The lowest BCUT2D eigenvalue weighted by molar-refractivity contribution is -0.131. The normalized spacial score (nSPS) is 18.1. The predicted molar refractivity (Wildman–Crippen MR) is 73.2 cm³/mol. The summed E-state index contributed by atoms with van der Waals surface area (Å²) in [4.78, 5) is 14.9. The standard InChI is InChI=1S/C15H29NO/c1-4-8-14(15(17)13-9-7-10-13)16(11-5-2)12-6-3/h13-14H,4-12H2,1-3H3. The van der Waals surface area contributed by atoms with Gasteiger partial charge >= 0.3 is 0 Å². The number of hydrogen-bond acceptors (Lipinski definition) is 2. The van der Waals surface area contributed by atoms with Crippen molar-refractivity contribution in [3.8, 4) is 0 Å². The lowest BCUT2D eigenvalue weighted by Gasteiger charge is -2.35. The van der Waals surface area contributed by atoms with Crippen LogP contribution in [-0.2, 0) is 4.79 Å². The molecule has 2 heteroatoms. The van der Waals surface area contributed by atoms with Gasteiger partial charge in [-0.1, -0.05) is 33.6 Å². The van der Waals surface area contributed by atoms with Crippen molar-refractivity contribution in [2.75, 3.05) is 13.1 Å². The molecule has 100 valence electrons. The van der Waals surface area contributed by atoms with Crippen LogP contribution in [0.4, 0.5) is 0 Å². The smallest absolute Gasteiger partial charge is 0.153 e. The van der Waals surface area contributed by atoms with E-state index in [2.05, 4.69) is 25.7 Å². The van der Waals surface area contributed by atoms with E-state index in [0.29, 0.717) is 11.7 Å². The molecular formula is C15H29NO. The summed E-state index contributed by atoms with van der Waals surface area (Å²) in [6.45, 7) is 8.77. The van der Waals surface area contributed by atoms with Crippen LogP contribution in [0.15, 0.2) is 0 Å². The van der Waals surface area contributed by atoms with E-state index in [1.807, 2.05) is 0 Å². The van der Waals surface area contributed by atoms with Crippen LogP contribution >= 0.6 is 0 Å². The number of hydrogen-bond donors (Lipinski definition) is 0. The largest absolute Gasteiger partial charge is 0.298 e. The van der Waals surface area contributed by atoms with E-state index < -0.39 is 0 Å². The van der Waals surface area contributed by atoms with Crippen LogP contribution in [0.3, 0.4) is 0 Å². The molecule has 0 spiro atoms. The molecule has 1 aliphatic rings. The first kappa shape index (κ1) is 14.7. The molecule has 0 aliphatic heterocycles. The average Bonchev–Trinajstić information content (AvgIpc) is 2.23. The summed E-state index contributed by atoms with van der Waals surface area (Å²) in [5, 5.41) is 0. The Balaban J connectivity index is 2.61. The van der Waals surface area contributed by atoms with Gasteiger partial charge < -0.3 is 0 Å². The summed E-state index contributed by atoms with van der Waals surface area (Å²) in [6, 6.07) is 0.213. The van der Waals surface area contributed by atoms with Crippen LogP contribution in [0.25, 0.3) is 0 Å². The average molecular weight is 239 g/mol. The van der Waals surface area contributed by atoms with Crippen molar-refractivity contribution in [2.24, 2.45) is 5.92 Å². The fourth-order valence-electron chi connectivity index (χ4n) is 2.74. The third-order valence-corrected chi connectivity index (χ3v) is 3.86. The number of ketones is 1. The molecule has 17 heavy (non-hydrogen) atoms. The zero-order valence-electron chi connectivity index (χ0n) is 11.9. The molecule has 1 rings (SSSR count). The molecule has 1 saturated carbocycles. The van der Waals surface area contributed by atoms with Crippen LogP contribution in [0, 0.1) is 5.92 Å². The van der Waals surface area contributed by atoms with Gasteiger partial charge in [-0.15, -0.1) is 0 Å². The number of Topliss-reactive ketones (excluding diaryl/α,β-unsaturated/α-hetero) is 1. The van der Waals surface area contributed by atoms with E-state index in [0.717, 1.165) is 51.6 Å². The Hall–Kier alpha value is -0.370. The van der Waals surface area contributed by atoms with Crippen LogP contribution in [0.2, 0.25) is 0 Å². The van der Waals surface area contributed by atoms with Crippen LogP contribution in [0.5, 0.6) is 0 Å². The molecule has 1 fully saturated rings. The molecule has 0 aromatic rings. The molecule has 1 atom stereocenters. The fraction of sp³-hybridized carbons (Fsp3) is 0.933. The highest BCUT2D eigenvalue weighted by Gasteiger charge is 2.33. The molecular weight excluding hydrogens is 210 g/mol. The topological polar surface area (TPSA) is 20.3 Å². The second kappa shape index (κ2) is 7.86. The Morgan fingerprint density at radius 3 is 2.06 bits per heavy atom. The van der Waals surface area contributed by atoms with E-state index in [1.54, 1.807) is 0 Å². The minimum atomic E-state index is 0.213. The van der Waals surface area contributed by atoms with Crippen molar-refractivity contribution in [2.45, 2.75) is 71.8 Å². The molecule has 0 bridgehead atoms. The summed E-state index contributed by atoms with van der Waals surface area (Å²) in [5.74, 6) is 0.933. The maximum Gasteiger partial charge on any atom is 0.153 e. The number of rotatable bonds is 9. The third-order valence-electron chi connectivity index (χ3n) is 3.86. The Kier molecular flexibility index (Phi) is 6.79. The van der Waals surface area contributed by atoms with Gasteiger partial charge in [-0.2, -0.15) is 0 Å². The Labute approximate surface area is 107 Å². The first-order valence-corrected chi connectivity index (χ1v) is 7.52. The van der Waals surface area contributed by atoms with Gasteiger partial charge in [0.2, 0.25) is 0 Å². The molecule has 0 heterocycles. The lowest BCUT2D eigenvalue weighted by atomic mass is 9.78. The quantitative estimate of drug-likeness (QED) is 0.612. The number of nitrogens with zero attached hydrogens (tertiary/aromatic N) is 1. The molecule has 0 aromatic heterocycles. The molecule has 2 nitrogen and oxygen atoms in total. The zero-order valence-corrected chi connectivity index (χ0v) is 11.9. The SMILES string of the molecule is CCCC(C(=O)C1CCC1)N(CCC)CCC. The Morgan fingerprint density at radius 2 is 1.71 bits per heavy atom. The molecule has 1 aliphatic carbocycles. The number of carbonyl (C=O) groups excluding carboxylic acids is 1. The predicted octanol–water partition coefficient (Wildman–Crippen LogP) is 3.65. The second-order valence-corrected chi connectivity index (χ2v) is 5.37. The van der Waals surface area contributed by atoms with Crippen LogP contribution in [-0.4, -0.2) is 29.8 Å². The van der Waals surface area contributed by atoms with Crippen LogP contribution in [0.1, 0.15) is 65.7 Å². The van der Waals surface area contributed by atoms with Crippen molar-refractivity contribution >= 4 is 5.78 Å². The highest BCUT2D eigenvalue weighted by molar-refractivity contribution is 5.86.